The Morgan fingerprint density at radius 1 is 1.53 bits per heavy atom. The molecule has 15 heavy (non-hydrogen) atoms. The number of aromatic nitrogens is 2. The lowest BCUT2D eigenvalue weighted by atomic mass is 9.90. The highest BCUT2D eigenvalue weighted by molar-refractivity contribution is 5.12. The van der Waals surface area contributed by atoms with E-state index in [1.807, 2.05) is 10.7 Å². The molecule has 0 atom stereocenters. The number of nitrogens with zero attached hydrogens (tertiary/aromatic N) is 2. The summed E-state index contributed by atoms with van der Waals surface area (Å²) in [5, 5.41) is 14.7. The Kier molecular flexibility index (Phi) is 3.07. The van der Waals surface area contributed by atoms with Crippen molar-refractivity contribution in [1.29, 1.82) is 0 Å². The van der Waals surface area contributed by atoms with E-state index in [-0.39, 0.29) is 0 Å². The van der Waals surface area contributed by atoms with Crippen LogP contribution in [0.4, 0.5) is 0 Å². The molecule has 1 N–H and O–H groups in total. The molecule has 1 aliphatic heterocycles. The van der Waals surface area contributed by atoms with Crippen LogP contribution in [-0.4, -0.2) is 28.1 Å². The highest BCUT2D eigenvalue weighted by atomic mass is 16.5. The third kappa shape index (κ3) is 2.06. The van der Waals surface area contributed by atoms with Gasteiger partial charge in [-0.15, -0.1) is 0 Å². The van der Waals surface area contributed by atoms with Crippen molar-refractivity contribution in [2.24, 2.45) is 0 Å². The maximum atomic E-state index is 10.5. The van der Waals surface area contributed by atoms with E-state index in [1.54, 1.807) is 6.20 Å². The zero-order valence-electron chi connectivity index (χ0n) is 9.15. The first-order valence-electron chi connectivity index (χ1n) is 5.59. The Labute approximate surface area is 89.9 Å². The molecule has 0 aliphatic carbocycles. The van der Waals surface area contributed by atoms with Crippen molar-refractivity contribution >= 4 is 0 Å². The van der Waals surface area contributed by atoms with Crippen LogP contribution in [0.3, 0.4) is 0 Å². The molecule has 0 radical (unpaired) electrons. The van der Waals surface area contributed by atoms with E-state index in [0.29, 0.717) is 26.1 Å². The Morgan fingerprint density at radius 2 is 2.27 bits per heavy atom. The highest BCUT2D eigenvalue weighted by Gasteiger charge is 2.34. The summed E-state index contributed by atoms with van der Waals surface area (Å²) in [5.74, 6) is 0. The fourth-order valence-electron chi connectivity index (χ4n) is 2.08. The van der Waals surface area contributed by atoms with Gasteiger partial charge in [-0.25, -0.2) is 0 Å². The molecule has 1 fully saturated rings. The van der Waals surface area contributed by atoms with Gasteiger partial charge in [0, 0.05) is 38.8 Å². The maximum Gasteiger partial charge on any atom is 0.111 e. The molecule has 0 unspecified atom stereocenters. The van der Waals surface area contributed by atoms with E-state index in [1.165, 1.54) is 0 Å². The molecule has 0 spiro atoms. The SMILES string of the molecule is CCCn1nccc1C1(O)CCOCC1. The number of hydrogen-bond donors (Lipinski definition) is 1. The lowest BCUT2D eigenvalue weighted by Crippen LogP contribution is -2.35. The summed E-state index contributed by atoms with van der Waals surface area (Å²) in [6, 6.07) is 1.92. The molecule has 1 saturated heterocycles. The standard InChI is InChI=1S/C11H18N2O2/c1-2-7-13-10(3-6-12-13)11(14)4-8-15-9-5-11/h3,6,14H,2,4-5,7-9H2,1H3. The van der Waals surface area contributed by atoms with Gasteiger partial charge in [-0.2, -0.15) is 5.10 Å². The Morgan fingerprint density at radius 3 is 2.93 bits per heavy atom. The molecule has 84 valence electrons. The minimum absolute atomic E-state index is 0.633. The molecular weight excluding hydrogens is 192 g/mol. The maximum absolute atomic E-state index is 10.5. The average Bonchev–Trinajstić information content (AvgIpc) is 2.68. The van der Waals surface area contributed by atoms with Crippen LogP contribution in [0.25, 0.3) is 0 Å². The lowest BCUT2D eigenvalue weighted by molar-refractivity contribution is -0.0730. The summed E-state index contributed by atoms with van der Waals surface area (Å²) in [5.41, 5.74) is 0.205. The molecule has 0 bridgehead atoms. The van der Waals surface area contributed by atoms with Gasteiger partial charge in [0.25, 0.3) is 0 Å². The summed E-state index contributed by atoms with van der Waals surface area (Å²) in [7, 11) is 0. The van der Waals surface area contributed by atoms with E-state index >= 15 is 0 Å². The van der Waals surface area contributed by atoms with E-state index in [0.717, 1.165) is 18.7 Å². The quantitative estimate of drug-likeness (QED) is 0.817. The second kappa shape index (κ2) is 4.33. The van der Waals surface area contributed by atoms with E-state index < -0.39 is 5.60 Å². The molecule has 2 rings (SSSR count). The van der Waals surface area contributed by atoms with Gasteiger partial charge >= 0.3 is 0 Å². The van der Waals surface area contributed by atoms with Gasteiger partial charge in [0.15, 0.2) is 0 Å². The zero-order valence-corrected chi connectivity index (χ0v) is 9.15. The molecule has 0 aromatic carbocycles. The highest BCUT2D eigenvalue weighted by Crippen LogP contribution is 2.31. The molecule has 0 saturated carbocycles. The van der Waals surface area contributed by atoms with Crippen molar-refractivity contribution in [2.75, 3.05) is 13.2 Å². The molecule has 2 heterocycles. The predicted molar refractivity (Wildman–Crippen MR) is 56.5 cm³/mol. The summed E-state index contributed by atoms with van der Waals surface area (Å²) in [6.07, 6.45) is 4.13. The van der Waals surface area contributed by atoms with Gasteiger partial charge in [-0.05, 0) is 12.5 Å². The number of aliphatic hydroxyl groups is 1. The minimum atomic E-state index is -0.732. The van der Waals surface area contributed by atoms with Crippen LogP contribution in [0.5, 0.6) is 0 Å². The van der Waals surface area contributed by atoms with Crippen LogP contribution >= 0.6 is 0 Å². The normalized spacial score (nSPS) is 20.4. The van der Waals surface area contributed by atoms with Gasteiger partial charge in [-0.1, -0.05) is 6.92 Å². The van der Waals surface area contributed by atoms with Crippen molar-refractivity contribution in [2.45, 2.75) is 38.3 Å². The van der Waals surface area contributed by atoms with Crippen molar-refractivity contribution in [1.82, 2.24) is 9.78 Å². The fourth-order valence-corrected chi connectivity index (χ4v) is 2.08. The van der Waals surface area contributed by atoms with Crippen molar-refractivity contribution in [3.8, 4) is 0 Å². The number of rotatable bonds is 3. The fraction of sp³-hybridized carbons (Fsp3) is 0.727. The summed E-state index contributed by atoms with van der Waals surface area (Å²) in [4.78, 5) is 0. The van der Waals surface area contributed by atoms with Gasteiger partial charge in [0.2, 0.25) is 0 Å². The number of ether oxygens (including phenoxy) is 1. The summed E-state index contributed by atoms with van der Waals surface area (Å²) >= 11 is 0. The lowest BCUT2D eigenvalue weighted by Gasteiger charge is -2.32. The smallest absolute Gasteiger partial charge is 0.111 e. The number of aryl methyl sites for hydroxylation is 1. The van der Waals surface area contributed by atoms with Gasteiger partial charge in [0.05, 0.1) is 5.69 Å². The molecule has 4 nitrogen and oxygen atoms in total. The van der Waals surface area contributed by atoms with Gasteiger partial charge < -0.3 is 9.84 Å². The van der Waals surface area contributed by atoms with Crippen LogP contribution in [-0.2, 0) is 16.9 Å². The Balaban J connectivity index is 2.22. The topological polar surface area (TPSA) is 47.3 Å². The van der Waals surface area contributed by atoms with Crippen molar-refractivity contribution < 1.29 is 9.84 Å². The monoisotopic (exact) mass is 210 g/mol. The summed E-state index contributed by atoms with van der Waals surface area (Å²) in [6.45, 7) is 4.24. The molecule has 1 aromatic rings. The average molecular weight is 210 g/mol. The van der Waals surface area contributed by atoms with Gasteiger partial charge in [0.1, 0.15) is 5.60 Å². The molecule has 0 amide bonds. The van der Waals surface area contributed by atoms with Crippen LogP contribution in [0, 0.1) is 0 Å². The Hall–Kier alpha value is -0.870. The molecule has 1 aliphatic rings. The van der Waals surface area contributed by atoms with E-state index in [4.69, 9.17) is 4.74 Å². The van der Waals surface area contributed by atoms with Crippen LogP contribution in [0.2, 0.25) is 0 Å². The first-order valence-corrected chi connectivity index (χ1v) is 5.59. The second-order valence-electron chi connectivity index (χ2n) is 4.08. The largest absolute Gasteiger partial charge is 0.383 e. The second-order valence-corrected chi connectivity index (χ2v) is 4.08. The third-order valence-corrected chi connectivity index (χ3v) is 2.95. The predicted octanol–water partition coefficient (Wildman–Crippen LogP) is 1.29. The van der Waals surface area contributed by atoms with Crippen molar-refractivity contribution in [3.63, 3.8) is 0 Å². The van der Waals surface area contributed by atoms with Crippen molar-refractivity contribution in [3.05, 3.63) is 18.0 Å². The Bertz CT molecular complexity index is 316. The van der Waals surface area contributed by atoms with Gasteiger partial charge in [-0.3, -0.25) is 4.68 Å². The van der Waals surface area contributed by atoms with E-state index in [9.17, 15) is 5.11 Å². The van der Waals surface area contributed by atoms with E-state index in [2.05, 4.69) is 12.0 Å². The van der Waals surface area contributed by atoms with Crippen LogP contribution in [0.1, 0.15) is 31.9 Å². The molecular formula is C11H18N2O2. The van der Waals surface area contributed by atoms with Crippen LogP contribution in [0.15, 0.2) is 12.3 Å². The molecule has 1 aromatic heterocycles. The first kappa shape index (κ1) is 10.6. The summed E-state index contributed by atoms with van der Waals surface area (Å²) < 4.78 is 7.18. The first-order chi connectivity index (χ1) is 7.26. The molecule has 4 heteroatoms. The zero-order chi connectivity index (χ0) is 10.7. The third-order valence-electron chi connectivity index (χ3n) is 2.95. The van der Waals surface area contributed by atoms with Crippen LogP contribution < -0.4 is 0 Å². The minimum Gasteiger partial charge on any atom is -0.383 e. The number of hydrogen-bond acceptors (Lipinski definition) is 3.